The molecule has 5 heteroatoms. The first kappa shape index (κ1) is 11.5. The van der Waals surface area contributed by atoms with Crippen LogP contribution in [-0.4, -0.2) is 19.5 Å². The minimum Gasteiger partial charge on any atom is -0.346 e. The molecule has 3 heterocycles. The van der Waals surface area contributed by atoms with Crippen LogP contribution < -0.4 is 0 Å². The van der Waals surface area contributed by atoms with Gasteiger partial charge in [-0.3, -0.25) is 0 Å². The second kappa shape index (κ2) is 4.08. The van der Waals surface area contributed by atoms with Crippen LogP contribution in [0.5, 0.6) is 0 Å². The molecule has 1 N–H and O–H groups in total. The molecule has 0 spiro atoms. The van der Waals surface area contributed by atoms with Crippen molar-refractivity contribution in [2.45, 2.75) is 0 Å². The average molecular weight is 283 g/mol. The molecule has 4 rings (SSSR count). The number of benzene rings is 1. The Morgan fingerprint density at radius 2 is 2.10 bits per heavy atom. The zero-order chi connectivity index (χ0) is 13.7. The number of aromatic nitrogens is 4. The Hall–Kier alpha value is -2.33. The highest BCUT2D eigenvalue weighted by atomic mass is 35.5. The largest absolute Gasteiger partial charge is 0.346 e. The fourth-order valence-electron chi connectivity index (χ4n) is 2.51. The lowest BCUT2D eigenvalue weighted by atomic mass is 10.1. The summed E-state index contributed by atoms with van der Waals surface area (Å²) in [5.41, 5.74) is 5.16. The molecule has 0 fully saturated rings. The van der Waals surface area contributed by atoms with Gasteiger partial charge >= 0.3 is 0 Å². The van der Waals surface area contributed by atoms with E-state index >= 15 is 0 Å². The molecule has 0 saturated carbocycles. The summed E-state index contributed by atoms with van der Waals surface area (Å²) in [4.78, 5) is 11.8. The van der Waals surface area contributed by atoms with Gasteiger partial charge in [0, 0.05) is 30.4 Å². The standard InChI is InChI=1S/C15H11ClN4/c1-20-8-19-13-3-2-9(4-14(13)20)12-7-18-15-11(12)5-10(16)6-17-15/h2-8H,1H3,(H,17,18). The van der Waals surface area contributed by atoms with Crippen molar-refractivity contribution in [2.75, 3.05) is 0 Å². The second-order valence-corrected chi connectivity index (χ2v) is 5.25. The Morgan fingerprint density at radius 3 is 3.00 bits per heavy atom. The first-order valence-electron chi connectivity index (χ1n) is 6.26. The highest BCUT2D eigenvalue weighted by molar-refractivity contribution is 6.31. The highest BCUT2D eigenvalue weighted by Crippen LogP contribution is 2.30. The third-order valence-corrected chi connectivity index (χ3v) is 3.74. The van der Waals surface area contributed by atoms with Gasteiger partial charge in [-0.2, -0.15) is 0 Å². The van der Waals surface area contributed by atoms with Crippen LogP contribution in [0.1, 0.15) is 0 Å². The molecular formula is C15H11ClN4. The van der Waals surface area contributed by atoms with Crippen molar-refractivity contribution >= 4 is 33.7 Å². The van der Waals surface area contributed by atoms with Gasteiger partial charge in [-0.05, 0) is 23.8 Å². The normalized spacial score (nSPS) is 11.5. The number of nitrogens with one attached hydrogen (secondary N) is 1. The summed E-state index contributed by atoms with van der Waals surface area (Å²) in [7, 11) is 1.99. The zero-order valence-electron chi connectivity index (χ0n) is 10.8. The molecule has 98 valence electrons. The van der Waals surface area contributed by atoms with Gasteiger partial charge < -0.3 is 9.55 Å². The monoisotopic (exact) mass is 282 g/mol. The van der Waals surface area contributed by atoms with Crippen LogP contribution in [0.15, 0.2) is 43.0 Å². The number of nitrogens with zero attached hydrogens (tertiary/aromatic N) is 3. The minimum atomic E-state index is 0.639. The van der Waals surface area contributed by atoms with E-state index in [0.717, 1.165) is 33.2 Å². The van der Waals surface area contributed by atoms with Crippen LogP contribution in [0.4, 0.5) is 0 Å². The Balaban J connectivity index is 2.00. The summed E-state index contributed by atoms with van der Waals surface area (Å²) in [5.74, 6) is 0. The Bertz CT molecular complexity index is 936. The number of aromatic amines is 1. The van der Waals surface area contributed by atoms with Crippen molar-refractivity contribution in [1.29, 1.82) is 0 Å². The number of rotatable bonds is 1. The zero-order valence-corrected chi connectivity index (χ0v) is 11.5. The molecule has 4 nitrogen and oxygen atoms in total. The van der Waals surface area contributed by atoms with Crippen LogP contribution >= 0.6 is 11.6 Å². The first-order valence-corrected chi connectivity index (χ1v) is 6.64. The third-order valence-electron chi connectivity index (χ3n) is 3.53. The summed E-state index contributed by atoms with van der Waals surface area (Å²) >= 11 is 6.05. The van der Waals surface area contributed by atoms with E-state index in [2.05, 4.69) is 27.1 Å². The number of H-pyrrole nitrogens is 1. The fraction of sp³-hybridized carbons (Fsp3) is 0.0667. The molecule has 0 saturated heterocycles. The van der Waals surface area contributed by atoms with Crippen molar-refractivity contribution in [3.8, 4) is 11.1 Å². The number of pyridine rings is 1. The van der Waals surface area contributed by atoms with Crippen molar-refractivity contribution in [1.82, 2.24) is 19.5 Å². The van der Waals surface area contributed by atoms with E-state index in [9.17, 15) is 0 Å². The van der Waals surface area contributed by atoms with E-state index in [4.69, 9.17) is 11.6 Å². The maximum absolute atomic E-state index is 6.05. The Kier molecular flexibility index (Phi) is 2.35. The molecule has 0 radical (unpaired) electrons. The molecule has 0 aliphatic rings. The SMILES string of the molecule is Cn1cnc2ccc(-c3c[nH]c4ncc(Cl)cc34)cc21. The fourth-order valence-corrected chi connectivity index (χ4v) is 2.67. The van der Waals surface area contributed by atoms with Crippen LogP contribution in [0.25, 0.3) is 33.2 Å². The van der Waals surface area contributed by atoms with Gasteiger partial charge in [-0.25, -0.2) is 9.97 Å². The predicted octanol–water partition coefficient (Wildman–Crippen LogP) is 3.77. The average Bonchev–Trinajstić information content (AvgIpc) is 3.02. The van der Waals surface area contributed by atoms with Crippen molar-refractivity contribution < 1.29 is 0 Å². The summed E-state index contributed by atoms with van der Waals surface area (Å²) in [6.45, 7) is 0. The summed E-state index contributed by atoms with van der Waals surface area (Å²) in [5, 5.41) is 1.67. The van der Waals surface area contributed by atoms with Crippen LogP contribution in [0.2, 0.25) is 5.02 Å². The van der Waals surface area contributed by atoms with Gasteiger partial charge in [-0.1, -0.05) is 17.7 Å². The van der Waals surface area contributed by atoms with Crippen LogP contribution in [0.3, 0.4) is 0 Å². The molecule has 0 atom stereocenters. The quantitative estimate of drug-likeness (QED) is 0.578. The van der Waals surface area contributed by atoms with E-state index in [0.29, 0.717) is 5.02 Å². The number of aryl methyl sites for hydroxylation is 1. The van der Waals surface area contributed by atoms with Gasteiger partial charge in [0.2, 0.25) is 0 Å². The molecule has 20 heavy (non-hydrogen) atoms. The first-order chi connectivity index (χ1) is 9.72. The molecular weight excluding hydrogens is 272 g/mol. The maximum atomic E-state index is 6.05. The van der Waals surface area contributed by atoms with E-state index < -0.39 is 0 Å². The van der Waals surface area contributed by atoms with Crippen LogP contribution in [0, 0.1) is 0 Å². The minimum absolute atomic E-state index is 0.639. The third kappa shape index (κ3) is 1.62. The molecule has 0 aliphatic carbocycles. The molecule has 0 unspecified atom stereocenters. The summed E-state index contributed by atoms with van der Waals surface area (Å²) in [6, 6.07) is 8.16. The maximum Gasteiger partial charge on any atom is 0.137 e. The van der Waals surface area contributed by atoms with Crippen LogP contribution in [-0.2, 0) is 7.05 Å². The smallest absolute Gasteiger partial charge is 0.137 e. The lowest BCUT2D eigenvalue weighted by molar-refractivity contribution is 0.948. The molecule has 4 aromatic rings. The van der Waals surface area contributed by atoms with Crippen molar-refractivity contribution in [3.63, 3.8) is 0 Å². The number of imidazole rings is 1. The van der Waals surface area contributed by atoms with Gasteiger partial charge in [-0.15, -0.1) is 0 Å². The lowest BCUT2D eigenvalue weighted by Crippen LogP contribution is -1.84. The van der Waals surface area contributed by atoms with Gasteiger partial charge in [0.15, 0.2) is 0 Å². The number of hydrogen-bond donors (Lipinski definition) is 1. The number of halogens is 1. The molecule has 0 aliphatic heterocycles. The highest BCUT2D eigenvalue weighted by Gasteiger charge is 2.09. The molecule has 3 aromatic heterocycles. The van der Waals surface area contributed by atoms with Crippen molar-refractivity contribution in [2.24, 2.45) is 7.05 Å². The topological polar surface area (TPSA) is 46.5 Å². The molecule has 0 bridgehead atoms. The molecule has 1 aromatic carbocycles. The predicted molar refractivity (Wildman–Crippen MR) is 80.8 cm³/mol. The van der Waals surface area contributed by atoms with E-state index in [-0.39, 0.29) is 0 Å². The van der Waals surface area contributed by atoms with E-state index in [1.807, 2.05) is 36.3 Å². The van der Waals surface area contributed by atoms with Gasteiger partial charge in [0.25, 0.3) is 0 Å². The lowest BCUT2D eigenvalue weighted by Gasteiger charge is -2.01. The summed E-state index contributed by atoms with van der Waals surface area (Å²) < 4.78 is 2.01. The Morgan fingerprint density at radius 1 is 1.20 bits per heavy atom. The van der Waals surface area contributed by atoms with Crippen molar-refractivity contribution in [3.05, 3.63) is 48.0 Å². The number of hydrogen-bond acceptors (Lipinski definition) is 2. The van der Waals surface area contributed by atoms with E-state index in [1.165, 1.54) is 0 Å². The van der Waals surface area contributed by atoms with Gasteiger partial charge in [0.05, 0.1) is 22.4 Å². The van der Waals surface area contributed by atoms with E-state index in [1.54, 1.807) is 6.20 Å². The Labute approximate surface area is 120 Å². The molecule has 0 amide bonds. The second-order valence-electron chi connectivity index (χ2n) is 4.81. The van der Waals surface area contributed by atoms with Gasteiger partial charge in [0.1, 0.15) is 5.65 Å². The summed E-state index contributed by atoms with van der Waals surface area (Å²) in [6.07, 6.45) is 5.43. The number of fused-ring (bicyclic) bond motifs is 2.